The fraction of sp³-hybridized carbons (Fsp3) is 0.688. The van der Waals surface area contributed by atoms with Crippen molar-refractivity contribution in [3.8, 4) is 0 Å². The maximum atomic E-state index is 14.3. The van der Waals surface area contributed by atoms with Crippen molar-refractivity contribution in [1.82, 2.24) is 4.90 Å². The molecule has 2 N–H and O–H groups in total. The van der Waals surface area contributed by atoms with Crippen LogP contribution in [0.25, 0.3) is 0 Å². The van der Waals surface area contributed by atoms with Crippen LogP contribution in [-0.4, -0.2) is 65.2 Å². The van der Waals surface area contributed by atoms with Crippen LogP contribution in [0, 0.1) is 11.8 Å². The van der Waals surface area contributed by atoms with Crippen molar-refractivity contribution in [2.45, 2.75) is 31.6 Å². The van der Waals surface area contributed by atoms with Crippen LogP contribution in [0.4, 0.5) is 8.78 Å². The normalized spacial score (nSPS) is 21.8. The first-order valence-corrected chi connectivity index (χ1v) is 8.11. The van der Waals surface area contributed by atoms with E-state index in [0.29, 0.717) is 12.8 Å². The first-order chi connectivity index (χ1) is 11.7. The Kier molecular flexibility index (Phi) is 6.10. The molecule has 1 aliphatic heterocycles. The summed E-state index contributed by atoms with van der Waals surface area (Å²) < 4.78 is 33.7. The van der Waals surface area contributed by atoms with Crippen molar-refractivity contribution in [3.63, 3.8) is 0 Å². The largest absolute Gasteiger partial charge is 0.481 e. The Morgan fingerprint density at radius 1 is 1.24 bits per heavy atom. The van der Waals surface area contributed by atoms with Crippen molar-refractivity contribution in [2.24, 2.45) is 11.8 Å². The summed E-state index contributed by atoms with van der Waals surface area (Å²) in [7, 11) is 0. The minimum atomic E-state index is -3.60. The maximum absolute atomic E-state index is 14.3. The summed E-state index contributed by atoms with van der Waals surface area (Å²) in [5.41, 5.74) is 0.232. The van der Waals surface area contributed by atoms with Crippen LogP contribution < -0.4 is 0 Å². The number of morpholine rings is 1. The van der Waals surface area contributed by atoms with Gasteiger partial charge in [-0.1, -0.05) is 11.6 Å². The number of carbonyl (C=O) groups is 3. The molecular weight excluding hydrogens is 340 g/mol. The molecule has 0 bridgehead atoms. The first-order valence-electron chi connectivity index (χ1n) is 8.11. The number of carbonyl (C=O) groups excluding carboxylic acids is 1. The Labute approximate surface area is 143 Å². The lowest BCUT2D eigenvalue weighted by Gasteiger charge is -2.32. The maximum Gasteiger partial charge on any atom is 0.328 e. The third-order valence-electron chi connectivity index (χ3n) is 4.56. The minimum Gasteiger partial charge on any atom is -0.481 e. The van der Waals surface area contributed by atoms with Crippen LogP contribution in [0.15, 0.2) is 11.6 Å². The second kappa shape index (κ2) is 7.90. The number of rotatable bonds is 6. The molecule has 140 valence electrons. The summed E-state index contributed by atoms with van der Waals surface area (Å²) in [5, 5.41) is 18.1. The molecule has 0 aromatic heterocycles. The van der Waals surface area contributed by atoms with Gasteiger partial charge in [-0.2, -0.15) is 8.78 Å². The van der Waals surface area contributed by atoms with Gasteiger partial charge < -0.3 is 19.8 Å². The predicted molar refractivity (Wildman–Crippen MR) is 81.1 cm³/mol. The Morgan fingerprint density at radius 2 is 1.84 bits per heavy atom. The van der Waals surface area contributed by atoms with Crippen molar-refractivity contribution < 1.29 is 38.1 Å². The van der Waals surface area contributed by atoms with Gasteiger partial charge in [0, 0.05) is 19.5 Å². The molecule has 1 fully saturated rings. The Bertz CT molecular complexity index is 557. The highest BCUT2D eigenvalue weighted by atomic mass is 19.3. The predicted octanol–water partition coefficient (Wildman–Crippen LogP) is 1.38. The summed E-state index contributed by atoms with van der Waals surface area (Å²) in [6.07, 6.45) is 1.30. The molecule has 0 aromatic rings. The molecule has 2 aliphatic rings. The number of aliphatic carboxylic acids is 2. The molecule has 2 rings (SSSR count). The van der Waals surface area contributed by atoms with E-state index in [1.807, 2.05) is 0 Å². The highest BCUT2D eigenvalue weighted by Gasteiger charge is 2.44. The van der Waals surface area contributed by atoms with Crippen molar-refractivity contribution in [3.05, 3.63) is 11.6 Å². The second-order valence-electron chi connectivity index (χ2n) is 6.34. The average Bonchev–Trinajstić information content (AvgIpc) is 2.54. The highest BCUT2D eigenvalue weighted by Crippen LogP contribution is 2.36. The fourth-order valence-corrected chi connectivity index (χ4v) is 3.32. The standard InChI is InChI=1S/C16H21F2NO6/c17-16(18,15(24)19-4-6-25-7-5-19)9-10-2-1-3-11(8-10)12(13(20)21)14(22)23/h2,11-12H,1,3-9H2,(H,20,21)(H,22,23). The number of halogens is 2. The second-order valence-corrected chi connectivity index (χ2v) is 6.34. The SMILES string of the molecule is O=C(O)C(C(=O)O)C1CCC=C(CC(F)(F)C(=O)N2CCOCC2)C1. The van der Waals surface area contributed by atoms with E-state index in [4.69, 9.17) is 14.9 Å². The summed E-state index contributed by atoms with van der Waals surface area (Å²) >= 11 is 0. The summed E-state index contributed by atoms with van der Waals surface area (Å²) in [6.45, 7) is 0.642. The van der Waals surface area contributed by atoms with Gasteiger partial charge in [0.05, 0.1) is 13.2 Å². The highest BCUT2D eigenvalue weighted by molar-refractivity contribution is 5.93. The monoisotopic (exact) mass is 361 g/mol. The topological polar surface area (TPSA) is 104 Å². The lowest BCUT2D eigenvalue weighted by Crippen LogP contribution is -2.48. The number of carboxylic acids is 2. The van der Waals surface area contributed by atoms with E-state index in [-0.39, 0.29) is 38.3 Å². The van der Waals surface area contributed by atoms with E-state index >= 15 is 0 Å². The number of hydrogen-bond donors (Lipinski definition) is 2. The summed E-state index contributed by atoms with van der Waals surface area (Å²) in [6, 6.07) is 0. The number of allylic oxidation sites excluding steroid dienone is 2. The van der Waals surface area contributed by atoms with Crippen LogP contribution in [0.1, 0.15) is 25.7 Å². The molecule has 9 heteroatoms. The number of amides is 1. The van der Waals surface area contributed by atoms with Crippen molar-refractivity contribution in [1.29, 1.82) is 0 Å². The smallest absolute Gasteiger partial charge is 0.328 e. The Morgan fingerprint density at radius 3 is 2.40 bits per heavy atom. The van der Waals surface area contributed by atoms with E-state index in [1.54, 1.807) is 6.08 Å². The van der Waals surface area contributed by atoms with Gasteiger partial charge in [-0.05, 0) is 25.2 Å². The number of ether oxygens (including phenoxy) is 1. The zero-order valence-corrected chi connectivity index (χ0v) is 13.6. The molecule has 7 nitrogen and oxygen atoms in total. The molecule has 1 atom stereocenters. The van der Waals surface area contributed by atoms with Gasteiger partial charge in [-0.15, -0.1) is 0 Å². The molecule has 1 amide bonds. The molecular formula is C16H21F2NO6. The van der Waals surface area contributed by atoms with Gasteiger partial charge in [0.1, 0.15) is 0 Å². The van der Waals surface area contributed by atoms with Gasteiger partial charge in [-0.25, -0.2) is 0 Å². The van der Waals surface area contributed by atoms with Gasteiger partial charge >= 0.3 is 17.9 Å². The molecule has 0 spiro atoms. The third-order valence-corrected chi connectivity index (χ3v) is 4.56. The zero-order chi connectivity index (χ0) is 18.6. The third kappa shape index (κ3) is 4.75. The van der Waals surface area contributed by atoms with Crippen molar-refractivity contribution in [2.75, 3.05) is 26.3 Å². The number of nitrogens with zero attached hydrogens (tertiary/aromatic N) is 1. The molecule has 1 saturated heterocycles. The van der Waals surface area contributed by atoms with E-state index in [2.05, 4.69) is 0 Å². The van der Waals surface area contributed by atoms with E-state index in [0.717, 1.165) is 4.90 Å². The van der Waals surface area contributed by atoms with Gasteiger partial charge in [0.25, 0.3) is 5.91 Å². The number of hydrogen-bond acceptors (Lipinski definition) is 4. The lowest BCUT2D eigenvalue weighted by molar-refractivity contribution is -0.162. The summed E-state index contributed by atoms with van der Waals surface area (Å²) in [4.78, 5) is 35.3. The van der Waals surface area contributed by atoms with Gasteiger partial charge in [0.2, 0.25) is 0 Å². The van der Waals surface area contributed by atoms with Crippen LogP contribution in [0.3, 0.4) is 0 Å². The molecule has 0 radical (unpaired) electrons. The Hall–Kier alpha value is -2.03. The van der Waals surface area contributed by atoms with Gasteiger partial charge in [-0.3, -0.25) is 14.4 Å². The molecule has 1 heterocycles. The number of alkyl halides is 2. The number of carboxylic acid groups (broad SMARTS) is 2. The molecule has 0 saturated carbocycles. The average molecular weight is 361 g/mol. The fourth-order valence-electron chi connectivity index (χ4n) is 3.32. The van der Waals surface area contributed by atoms with Gasteiger partial charge in [0.15, 0.2) is 5.92 Å². The first kappa shape index (κ1) is 19.3. The van der Waals surface area contributed by atoms with Crippen LogP contribution in [-0.2, 0) is 19.1 Å². The summed E-state index contributed by atoms with van der Waals surface area (Å²) in [5.74, 6) is -10.2. The minimum absolute atomic E-state index is 0.0603. The molecule has 0 aromatic carbocycles. The van der Waals surface area contributed by atoms with Crippen LogP contribution in [0.2, 0.25) is 0 Å². The Balaban J connectivity index is 2.03. The van der Waals surface area contributed by atoms with E-state index < -0.39 is 42.0 Å². The van der Waals surface area contributed by atoms with Crippen LogP contribution >= 0.6 is 0 Å². The van der Waals surface area contributed by atoms with E-state index in [1.165, 1.54) is 0 Å². The molecule has 1 unspecified atom stereocenters. The quantitative estimate of drug-likeness (QED) is 0.547. The lowest BCUT2D eigenvalue weighted by atomic mass is 9.78. The molecule has 1 aliphatic carbocycles. The van der Waals surface area contributed by atoms with E-state index in [9.17, 15) is 23.2 Å². The van der Waals surface area contributed by atoms with Crippen molar-refractivity contribution >= 4 is 17.8 Å². The zero-order valence-electron chi connectivity index (χ0n) is 13.6. The molecule has 25 heavy (non-hydrogen) atoms. The van der Waals surface area contributed by atoms with Crippen LogP contribution in [0.5, 0.6) is 0 Å².